The van der Waals surface area contributed by atoms with Crippen LogP contribution in [0.25, 0.3) is 0 Å². The van der Waals surface area contributed by atoms with Gasteiger partial charge in [-0.05, 0) is 32.1 Å². The minimum absolute atomic E-state index is 1.21. The van der Waals surface area contributed by atoms with Crippen molar-refractivity contribution in [2.45, 2.75) is 194 Å². The molecule has 0 aromatic carbocycles. The van der Waals surface area contributed by atoms with Crippen LogP contribution in [0.4, 0.5) is 0 Å². The van der Waals surface area contributed by atoms with E-state index in [1.54, 1.807) is 5.82 Å². The Morgan fingerprint density at radius 3 is 1.37 bits per heavy atom. The Balaban J connectivity index is 2.14. The fourth-order valence-electron chi connectivity index (χ4n) is 5.44. The molecule has 2 nitrogen and oxygen atoms in total. The largest absolute Gasteiger partial charge is 0.256 e. The van der Waals surface area contributed by atoms with Crippen LogP contribution >= 0.6 is 0 Å². The Labute approximate surface area is 221 Å². The number of unbranched alkanes of at least 4 members (excludes halogenated alkanes) is 21. The highest BCUT2D eigenvalue weighted by molar-refractivity contribution is 4.84. The fraction of sp³-hybridized carbons (Fsp3) is 0.909. The molecule has 0 saturated heterocycles. The van der Waals surface area contributed by atoms with Gasteiger partial charge in [-0.15, -0.1) is 0 Å². The summed E-state index contributed by atoms with van der Waals surface area (Å²) in [5.41, 5.74) is 0. The monoisotopic (exact) mass is 490 g/mol. The molecule has 0 atom stereocenters. The second-order valence-corrected chi connectivity index (χ2v) is 11.3. The van der Waals surface area contributed by atoms with Crippen LogP contribution in [-0.2, 0) is 19.5 Å². The summed E-state index contributed by atoms with van der Waals surface area (Å²) in [7, 11) is 0. The van der Waals surface area contributed by atoms with Crippen LogP contribution in [0, 0.1) is 0 Å². The summed E-state index contributed by atoms with van der Waals surface area (Å²) in [4.78, 5) is 0. The maximum atomic E-state index is 2.60. The van der Waals surface area contributed by atoms with Crippen molar-refractivity contribution in [3.05, 3.63) is 18.2 Å². The molecular formula is C33H65N2+. The third kappa shape index (κ3) is 18.2. The molecule has 0 fully saturated rings. The van der Waals surface area contributed by atoms with E-state index in [9.17, 15) is 0 Å². The van der Waals surface area contributed by atoms with E-state index in [1.165, 1.54) is 174 Å². The number of nitrogens with zero attached hydrogens (tertiary/aromatic N) is 2. The van der Waals surface area contributed by atoms with Crippen LogP contribution in [0.2, 0.25) is 0 Å². The lowest BCUT2D eigenvalue weighted by Crippen LogP contribution is -2.37. The molecule has 0 spiro atoms. The van der Waals surface area contributed by atoms with Crippen molar-refractivity contribution in [2.24, 2.45) is 0 Å². The van der Waals surface area contributed by atoms with Crippen LogP contribution in [0.15, 0.2) is 12.4 Å². The van der Waals surface area contributed by atoms with E-state index in [0.717, 1.165) is 0 Å². The molecule has 0 aliphatic heterocycles. The highest BCUT2D eigenvalue weighted by atomic mass is 15.1. The molecule has 2 heteroatoms. The quantitative estimate of drug-likeness (QED) is 0.0858. The van der Waals surface area contributed by atoms with Gasteiger partial charge in [-0.3, -0.25) is 0 Å². The number of rotatable bonds is 27. The van der Waals surface area contributed by atoms with Gasteiger partial charge in [-0.2, -0.15) is 0 Å². The maximum absolute atomic E-state index is 2.60. The molecule has 0 aliphatic rings. The van der Waals surface area contributed by atoms with E-state index in [2.05, 4.69) is 42.3 Å². The minimum atomic E-state index is 1.21. The fourth-order valence-corrected chi connectivity index (χ4v) is 5.44. The van der Waals surface area contributed by atoms with Gasteiger partial charge in [0.1, 0.15) is 12.4 Å². The first-order valence-electron chi connectivity index (χ1n) is 16.4. The molecular weight excluding hydrogens is 424 g/mol. The molecule has 206 valence electrons. The lowest BCUT2D eigenvalue weighted by molar-refractivity contribution is -0.704. The minimum Gasteiger partial charge on any atom is -0.234 e. The highest BCUT2D eigenvalue weighted by Gasteiger charge is 2.16. The second kappa shape index (κ2) is 24.9. The predicted octanol–water partition coefficient (Wildman–Crippen LogP) is 10.7. The summed E-state index contributed by atoms with van der Waals surface area (Å²) < 4.78 is 5.17. The van der Waals surface area contributed by atoms with Crippen molar-refractivity contribution < 1.29 is 4.57 Å². The van der Waals surface area contributed by atoms with Crippen LogP contribution in [0.1, 0.15) is 181 Å². The molecule has 0 saturated carbocycles. The van der Waals surface area contributed by atoms with Gasteiger partial charge >= 0.3 is 0 Å². The zero-order valence-electron chi connectivity index (χ0n) is 24.6. The SMILES string of the molecule is CCCCCCCCCCCCCCCCC[n+]1ccn(CCCCC)c1CCCCCCCC. The number of aromatic nitrogens is 2. The molecule has 0 N–H and O–H groups in total. The average molecular weight is 490 g/mol. The molecule has 0 bridgehead atoms. The maximum Gasteiger partial charge on any atom is 0.256 e. The smallest absolute Gasteiger partial charge is 0.234 e. The molecule has 0 unspecified atom stereocenters. The van der Waals surface area contributed by atoms with Gasteiger partial charge in [0, 0.05) is 6.42 Å². The van der Waals surface area contributed by atoms with E-state index < -0.39 is 0 Å². The van der Waals surface area contributed by atoms with Gasteiger partial charge in [0.15, 0.2) is 0 Å². The van der Waals surface area contributed by atoms with E-state index in [1.807, 2.05) is 0 Å². The van der Waals surface area contributed by atoms with Crippen molar-refractivity contribution >= 4 is 0 Å². The van der Waals surface area contributed by atoms with Gasteiger partial charge in [0.05, 0.1) is 13.1 Å². The van der Waals surface area contributed by atoms with E-state index in [0.29, 0.717) is 0 Å². The zero-order chi connectivity index (χ0) is 25.2. The van der Waals surface area contributed by atoms with Gasteiger partial charge in [-0.25, -0.2) is 9.13 Å². The van der Waals surface area contributed by atoms with Gasteiger partial charge in [0.25, 0.3) is 5.82 Å². The first kappa shape index (κ1) is 32.2. The molecule has 35 heavy (non-hydrogen) atoms. The number of imidazole rings is 1. The summed E-state index contributed by atoms with van der Waals surface area (Å²) >= 11 is 0. The van der Waals surface area contributed by atoms with Gasteiger partial charge in [-0.1, -0.05) is 143 Å². The van der Waals surface area contributed by atoms with Gasteiger partial charge in [0.2, 0.25) is 0 Å². The van der Waals surface area contributed by atoms with Gasteiger partial charge < -0.3 is 0 Å². The summed E-state index contributed by atoms with van der Waals surface area (Å²) in [5, 5.41) is 0. The molecule has 0 radical (unpaired) electrons. The Kier molecular flexibility index (Phi) is 22.9. The molecule has 1 aromatic heterocycles. The first-order chi connectivity index (χ1) is 17.3. The van der Waals surface area contributed by atoms with Crippen molar-refractivity contribution in [3.8, 4) is 0 Å². The second-order valence-electron chi connectivity index (χ2n) is 11.3. The topological polar surface area (TPSA) is 8.81 Å². The highest BCUT2D eigenvalue weighted by Crippen LogP contribution is 2.14. The van der Waals surface area contributed by atoms with Crippen molar-refractivity contribution in [1.82, 2.24) is 4.57 Å². The number of hydrogen-bond acceptors (Lipinski definition) is 0. The Morgan fingerprint density at radius 2 is 0.886 bits per heavy atom. The molecule has 1 heterocycles. The average Bonchev–Trinajstić information content (AvgIpc) is 3.25. The first-order valence-corrected chi connectivity index (χ1v) is 16.4. The lowest BCUT2D eigenvalue weighted by Gasteiger charge is -2.07. The molecule has 0 aliphatic carbocycles. The molecule has 0 amide bonds. The zero-order valence-corrected chi connectivity index (χ0v) is 24.6. The van der Waals surface area contributed by atoms with E-state index in [4.69, 9.17) is 0 Å². The van der Waals surface area contributed by atoms with Crippen LogP contribution in [0.3, 0.4) is 0 Å². The predicted molar refractivity (Wildman–Crippen MR) is 156 cm³/mol. The number of aryl methyl sites for hydroxylation is 2. The van der Waals surface area contributed by atoms with Crippen molar-refractivity contribution in [3.63, 3.8) is 0 Å². The van der Waals surface area contributed by atoms with Crippen LogP contribution < -0.4 is 4.57 Å². The lowest BCUT2D eigenvalue weighted by atomic mass is 10.0. The third-order valence-corrected chi connectivity index (χ3v) is 7.85. The Bertz CT molecular complexity index is 547. The van der Waals surface area contributed by atoms with Crippen molar-refractivity contribution in [1.29, 1.82) is 0 Å². The third-order valence-electron chi connectivity index (χ3n) is 7.85. The summed E-state index contributed by atoms with van der Waals surface area (Å²) in [6.45, 7) is 9.36. The van der Waals surface area contributed by atoms with Crippen LogP contribution in [-0.4, -0.2) is 4.57 Å². The summed E-state index contributed by atoms with van der Waals surface area (Å²) in [5.74, 6) is 1.60. The Hall–Kier alpha value is -0.790. The summed E-state index contributed by atoms with van der Waals surface area (Å²) in [6, 6.07) is 0. The van der Waals surface area contributed by atoms with E-state index in [-0.39, 0.29) is 0 Å². The molecule has 1 rings (SSSR count). The standard InChI is InChI=1S/C33H65N2/c1-4-7-10-12-14-15-16-17-18-19-20-21-22-24-27-30-35-32-31-34(29-26-9-6-3)33(35)28-25-23-13-11-8-5-2/h31-32H,4-30H2,1-3H3/q+1. The summed E-state index contributed by atoms with van der Waals surface area (Å²) in [6.07, 6.45) is 40.0. The normalized spacial score (nSPS) is 11.5. The van der Waals surface area contributed by atoms with Crippen molar-refractivity contribution in [2.75, 3.05) is 0 Å². The Morgan fingerprint density at radius 1 is 0.486 bits per heavy atom. The number of hydrogen-bond donors (Lipinski definition) is 0. The van der Waals surface area contributed by atoms with Crippen LogP contribution in [0.5, 0.6) is 0 Å². The molecule has 1 aromatic rings. The van der Waals surface area contributed by atoms with E-state index >= 15 is 0 Å².